The van der Waals surface area contributed by atoms with E-state index in [9.17, 15) is 10.1 Å². The molecule has 2 heterocycles. The summed E-state index contributed by atoms with van der Waals surface area (Å²) in [6.07, 6.45) is 3.85. The van der Waals surface area contributed by atoms with Crippen molar-refractivity contribution in [2.75, 3.05) is 26.0 Å². The lowest BCUT2D eigenvalue weighted by Gasteiger charge is -2.24. The van der Waals surface area contributed by atoms with Crippen molar-refractivity contribution < 1.29 is 4.92 Å². The molecule has 0 radical (unpaired) electrons. The van der Waals surface area contributed by atoms with Crippen LogP contribution in [0, 0.1) is 17.0 Å². The van der Waals surface area contributed by atoms with Crippen LogP contribution in [-0.2, 0) is 7.05 Å². The first-order valence-electron chi connectivity index (χ1n) is 8.83. The van der Waals surface area contributed by atoms with Gasteiger partial charge in [0.15, 0.2) is 5.82 Å². The molecular weight excluding hydrogens is 358 g/mol. The zero-order valence-corrected chi connectivity index (χ0v) is 16.3. The fourth-order valence-electron chi connectivity index (χ4n) is 2.96. The maximum Gasteiger partial charge on any atom is 0.270 e. The first kappa shape index (κ1) is 19.4. The average Bonchev–Trinajstić information content (AvgIpc) is 3.07. The van der Waals surface area contributed by atoms with Crippen molar-refractivity contribution in [1.29, 1.82) is 0 Å². The number of benzene rings is 1. The lowest BCUT2D eigenvalue weighted by Crippen LogP contribution is -2.27. The zero-order chi connectivity index (χ0) is 20.3. The smallest absolute Gasteiger partial charge is 0.270 e. The molecule has 1 unspecified atom stereocenters. The van der Waals surface area contributed by atoms with Crippen molar-refractivity contribution in [2.24, 2.45) is 7.05 Å². The molecule has 1 aromatic carbocycles. The van der Waals surface area contributed by atoms with Gasteiger partial charge < -0.3 is 10.2 Å². The Balaban J connectivity index is 1.83. The van der Waals surface area contributed by atoms with Crippen LogP contribution in [0.15, 0.2) is 42.7 Å². The highest BCUT2D eigenvalue weighted by Gasteiger charge is 2.17. The monoisotopic (exact) mass is 381 g/mol. The van der Waals surface area contributed by atoms with E-state index in [0.717, 1.165) is 11.3 Å². The van der Waals surface area contributed by atoms with E-state index in [-0.39, 0.29) is 11.7 Å². The Kier molecular flexibility index (Phi) is 5.65. The summed E-state index contributed by atoms with van der Waals surface area (Å²) in [5, 5.41) is 18.6. The van der Waals surface area contributed by atoms with Gasteiger partial charge in [-0.1, -0.05) is 12.1 Å². The Hall–Kier alpha value is -3.33. The van der Waals surface area contributed by atoms with Crippen LogP contribution in [0.5, 0.6) is 0 Å². The molecule has 28 heavy (non-hydrogen) atoms. The minimum absolute atomic E-state index is 0.0152. The molecule has 0 spiro atoms. The number of non-ortho nitro benzene ring substituents is 1. The number of nitro groups is 1. The van der Waals surface area contributed by atoms with E-state index in [1.807, 2.05) is 46.5 Å². The number of rotatable bonds is 7. The molecule has 0 fully saturated rings. The van der Waals surface area contributed by atoms with Gasteiger partial charge in [0.2, 0.25) is 0 Å². The maximum absolute atomic E-state index is 11.0. The highest BCUT2D eigenvalue weighted by atomic mass is 16.6. The summed E-state index contributed by atoms with van der Waals surface area (Å²) in [5.74, 6) is 1.12. The topological polar surface area (TPSA) is 102 Å². The number of hydrogen-bond donors (Lipinski definition) is 1. The van der Waals surface area contributed by atoms with E-state index in [1.165, 1.54) is 12.1 Å². The predicted octanol–water partition coefficient (Wildman–Crippen LogP) is 2.81. The van der Waals surface area contributed by atoms with E-state index in [2.05, 4.69) is 25.3 Å². The Morgan fingerprint density at radius 3 is 2.71 bits per heavy atom. The average molecular weight is 381 g/mol. The second-order valence-corrected chi connectivity index (χ2v) is 6.83. The Morgan fingerprint density at radius 1 is 1.29 bits per heavy atom. The molecule has 3 aromatic rings. The molecule has 1 atom stereocenters. The Morgan fingerprint density at radius 2 is 2.07 bits per heavy atom. The predicted molar refractivity (Wildman–Crippen MR) is 107 cm³/mol. The van der Waals surface area contributed by atoms with Gasteiger partial charge in [0.25, 0.3) is 5.69 Å². The summed E-state index contributed by atoms with van der Waals surface area (Å²) >= 11 is 0. The molecule has 0 amide bonds. The molecule has 146 valence electrons. The van der Waals surface area contributed by atoms with Crippen LogP contribution < -0.4 is 5.32 Å². The van der Waals surface area contributed by atoms with Gasteiger partial charge in [0, 0.05) is 54.8 Å². The minimum atomic E-state index is -0.423. The summed E-state index contributed by atoms with van der Waals surface area (Å²) in [5.41, 5.74) is 2.50. The molecule has 1 N–H and O–H groups in total. The van der Waals surface area contributed by atoms with Crippen molar-refractivity contribution in [1.82, 2.24) is 24.6 Å². The lowest BCUT2D eigenvalue weighted by atomic mass is 10.1. The molecule has 9 heteroatoms. The Labute approximate surface area is 163 Å². The molecule has 0 aliphatic rings. The number of nitrogens with zero attached hydrogens (tertiary/aromatic N) is 6. The van der Waals surface area contributed by atoms with Gasteiger partial charge in [-0.3, -0.25) is 14.8 Å². The van der Waals surface area contributed by atoms with Crippen LogP contribution in [0.3, 0.4) is 0 Å². The van der Waals surface area contributed by atoms with Crippen molar-refractivity contribution in [3.63, 3.8) is 0 Å². The SMILES string of the molecule is Cc1cc(NCC(c2cnn(C)c2)N(C)C)nc(-c2cccc([N+](=O)[O-])c2)n1. The van der Waals surface area contributed by atoms with Gasteiger partial charge >= 0.3 is 0 Å². The number of aromatic nitrogens is 4. The van der Waals surface area contributed by atoms with E-state index in [1.54, 1.807) is 16.8 Å². The largest absolute Gasteiger partial charge is 0.368 e. The normalized spacial score (nSPS) is 12.2. The van der Waals surface area contributed by atoms with Crippen LogP contribution in [-0.4, -0.2) is 50.2 Å². The highest BCUT2D eigenvalue weighted by molar-refractivity contribution is 5.61. The van der Waals surface area contributed by atoms with E-state index < -0.39 is 4.92 Å². The van der Waals surface area contributed by atoms with Gasteiger partial charge in [-0.25, -0.2) is 9.97 Å². The van der Waals surface area contributed by atoms with Crippen LogP contribution in [0.25, 0.3) is 11.4 Å². The van der Waals surface area contributed by atoms with Gasteiger partial charge in [-0.15, -0.1) is 0 Å². The third kappa shape index (κ3) is 4.49. The Bertz CT molecular complexity index is 984. The van der Waals surface area contributed by atoms with Gasteiger partial charge in [0.05, 0.1) is 17.2 Å². The molecular formula is C19H23N7O2. The second-order valence-electron chi connectivity index (χ2n) is 6.83. The van der Waals surface area contributed by atoms with E-state index in [0.29, 0.717) is 23.8 Å². The first-order valence-corrected chi connectivity index (χ1v) is 8.83. The van der Waals surface area contributed by atoms with Crippen LogP contribution in [0.1, 0.15) is 17.3 Å². The van der Waals surface area contributed by atoms with Crippen molar-refractivity contribution in [3.8, 4) is 11.4 Å². The summed E-state index contributed by atoms with van der Waals surface area (Å²) in [6, 6.07) is 8.31. The zero-order valence-electron chi connectivity index (χ0n) is 16.3. The fourth-order valence-corrected chi connectivity index (χ4v) is 2.96. The van der Waals surface area contributed by atoms with Crippen molar-refractivity contribution in [3.05, 3.63) is 64.1 Å². The summed E-state index contributed by atoms with van der Waals surface area (Å²) < 4.78 is 1.78. The third-order valence-corrected chi connectivity index (χ3v) is 4.38. The van der Waals surface area contributed by atoms with E-state index in [4.69, 9.17) is 0 Å². The summed E-state index contributed by atoms with van der Waals surface area (Å²) in [7, 11) is 5.92. The van der Waals surface area contributed by atoms with Crippen LogP contribution in [0.2, 0.25) is 0 Å². The fraction of sp³-hybridized carbons (Fsp3) is 0.316. The minimum Gasteiger partial charge on any atom is -0.368 e. The van der Waals surface area contributed by atoms with Crippen molar-refractivity contribution >= 4 is 11.5 Å². The molecule has 2 aromatic heterocycles. The van der Waals surface area contributed by atoms with Gasteiger partial charge in [-0.05, 0) is 21.0 Å². The van der Waals surface area contributed by atoms with Crippen LogP contribution in [0.4, 0.5) is 11.5 Å². The maximum atomic E-state index is 11.0. The third-order valence-electron chi connectivity index (χ3n) is 4.38. The van der Waals surface area contributed by atoms with E-state index >= 15 is 0 Å². The molecule has 3 rings (SSSR count). The number of nitrogens with one attached hydrogen (secondary N) is 1. The number of aryl methyl sites for hydroxylation is 2. The van der Waals surface area contributed by atoms with Gasteiger partial charge in [-0.2, -0.15) is 5.10 Å². The van der Waals surface area contributed by atoms with Gasteiger partial charge in [0.1, 0.15) is 5.82 Å². The number of hydrogen-bond acceptors (Lipinski definition) is 7. The van der Waals surface area contributed by atoms with Crippen molar-refractivity contribution in [2.45, 2.75) is 13.0 Å². The highest BCUT2D eigenvalue weighted by Crippen LogP contribution is 2.23. The quantitative estimate of drug-likeness (QED) is 0.496. The molecule has 0 saturated heterocycles. The molecule has 0 aliphatic heterocycles. The molecule has 0 saturated carbocycles. The molecule has 0 aliphatic carbocycles. The lowest BCUT2D eigenvalue weighted by molar-refractivity contribution is -0.384. The number of anilines is 1. The first-order chi connectivity index (χ1) is 13.3. The molecule has 0 bridgehead atoms. The summed E-state index contributed by atoms with van der Waals surface area (Å²) in [6.45, 7) is 2.50. The van der Waals surface area contributed by atoms with Crippen LogP contribution >= 0.6 is 0 Å². The standard InChI is InChI=1S/C19H23N7O2/c1-13-8-18(20-11-17(24(2)3)15-10-21-25(4)12-15)23-19(22-13)14-6-5-7-16(9-14)26(27)28/h5-10,12,17H,11H2,1-4H3,(H,20,22,23). The number of likely N-dealkylation sites (N-methyl/N-ethyl adjacent to an activating group) is 1. The summed E-state index contributed by atoms with van der Waals surface area (Å²) in [4.78, 5) is 21.7. The molecule has 9 nitrogen and oxygen atoms in total. The second kappa shape index (κ2) is 8.13. The number of nitro benzene ring substituents is 1.